The molecule has 1 saturated heterocycles. The molecule has 0 aliphatic carbocycles. The Morgan fingerprint density at radius 2 is 1.82 bits per heavy atom. The van der Waals surface area contributed by atoms with E-state index in [4.69, 9.17) is 9.72 Å². The van der Waals surface area contributed by atoms with Gasteiger partial charge in [-0.1, -0.05) is 30.0 Å². The standard InChI is InChI=1S/C26H29N3O4S/c1-4-33-25(32)19-11-13-28(14-12-19)23(30)16-34-26-27-22-8-6-5-7-21(22)24(31)29(26)20-10-9-17(2)18(3)15-20/h5-10,15,19H,4,11-14,16H2,1-3H3. The number of thioether (sulfide) groups is 1. The van der Waals surface area contributed by atoms with Crippen LogP contribution >= 0.6 is 11.8 Å². The average Bonchev–Trinajstić information content (AvgIpc) is 2.85. The normalized spacial score (nSPS) is 14.4. The Hall–Kier alpha value is -3.13. The van der Waals surface area contributed by atoms with E-state index in [2.05, 4.69) is 0 Å². The van der Waals surface area contributed by atoms with Crippen molar-refractivity contribution in [2.45, 2.75) is 38.8 Å². The Labute approximate surface area is 203 Å². The van der Waals surface area contributed by atoms with Crippen LogP contribution in [0.2, 0.25) is 0 Å². The molecule has 1 aliphatic heterocycles. The fourth-order valence-corrected chi connectivity index (χ4v) is 5.06. The quantitative estimate of drug-likeness (QED) is 0.303. The Balaban J connectivity index is 1.56. The van der Waals surface area contributed by atoms with Gasteiger partial charge in [0.25, 0.3) is 5.56 Å². The van der Waals surface area contributed by atoms with Gasteiger partial charge in [0.15, 0.2) is 5.16 Å². The van der Waals surface area contributed by atoms with Gasteiger partial charge in [0.2, 0.25) is 5.91 Å². The molecule has 0 atom stereocenters. The second-order valence-electron chi connectivity index (χ2n) is 8.52. The van der Waals surface area contributed by atoms with Crippen LogP contribution in [-0.4, -0.2) is 51.8 Å². The molecule has 0 radical (unpaired) electrons. The molecule has 0 spiro atoms. The second-order valence-corrected chi connectivity index (χ2v) is 9.46. The van der Waals surface area contributed by atoms with E-state index in [-0.39, 0.29) is 29.1 Å². The predicted molar refractivity (Wildman–Crippen MR) is 133 cm³/mol. The average molecular weight is 480 g/mol. The van der Waals surface area contributed by atoms with E-state index in [1.54, 1.807) is 22.5 Å². The highest BCUT2D eigenvalue weighted by Crippen LogP contribution is 2.24. The number of ether oxygens (including phenoxy) is 1. The molecule has 178 valence electrons. The SMILES string of the molecule is CCOC(=O)C1CCN(C(=O)CSc2nc3ccccc3c(=O)n2-c2ccc(C)c(C)c2)CC1. The lowest BCUT2D eigenvalue weighted by molar-refractivity contribution is -0.151. The topological polar surface area (TPSA) is 81.5 Å². The van der Waals surface area contributed by atoms with Crippen molar-refractivity contribution in [3.63, 3.8) is 0 Å². The molecule has 1 fully saturated rings. The maximum atomic E-state index is 13.4. The van der Waals surface area contributed by atoms with Gasteiger partial charge in [-0.15, -0.1) is 0 Å². The Bertz CT molecular complexity index is 1280. The molecule has 0 saturated carbocycles. The van der Waals surface area contributed by atoms with Crippen LogP contribution in [0.15, 0.2) is 52.4 Å². The summed E-state index contributed by atoms with van der Waals surface area (Å²) in [6, 6.07) is 13.1. The van der Waals surface area contributed by atoms with Gasteiger partial charge in [0.1, 0.15) is 0 Å². The zero-order chi connectivity index (χ0) is 24.2. The fraction of sp³-hybridized carbons (Fsp3) is 0.385. The summed E-state index contributed by atoms with van der Waals surface area (Å²) in [5.74, 6) is -0.184. The van der Waals surface area contributed by atoms with Gasteiger partial charge < -0.3 is 9.64 Å². The number of piperidine rings is 1. The largest absolute Gasteiger partial charge is 0.466 e. The molecule has 2 aromatic carbocycles. The van der Waals surface area contributed by atoms with Crippen molar-refractivity contribution < 1.29 is 14.3 Å². The summed E-state index contributed by atoms with van der Waals surface area (Å²) in [4.78, 5) is 44.8. The van der Waals surface area contributed by atoms with Crippen molar-refractivity contribution in [3.05, 3.63) is 63.9 Å². The zero-order valence-electron chi connectivity index (χ0n) is 19.7. The van der Waals surface area contributed by atoms with E-state index < -0.39 is 0 Å². The first-order valence-corrected chi connectivity index (χ1v) is 12.5. The number of nitrogens with zero attached hydrogens (tertiary/aromatic N) is 3. The van der Waals surface area contributed by atoms with Crippen LogP contribution in [0, 0.1) is 19.8 Å². The van der Waals surface area contributed by atoms with Crippen LogP contribution < -0.4 is 5.56 Å². The lowest BCUT2D eigenvalue weighted by Gasteiger charge is -2.30. The van der Waals surface area contributed by atoms with Crippen molar-refractivity contribution in [2.24, 2.45) is 5.92 Å². The van der Waals surface area contributed by atoms with Crippen molar-refractivity contribution >= 4 is 34.5 Å². The van der Waals surface area contributed by atoms with Gasteiger partial charge in [0, 0.05) is 13.1 Å². The fourth-order valence-electron chi connectivity index (χ4n) is 4.14. The lowest BCUT2D eigenvalue weighted by Crippen LogP contribution is -2.41. The first-order chi connectivity index (χ1) is 16.4. The summed E-state index contributed by atoms with van der Waals surface area (Å²) in [7, 11) is 0. The highest BCUT2D eigenvalue weighted by molar-refractivity contribution is 7.99. The third kappa shape index (κ3) is 5.01. The number of amides is 1. The number of hydrogen-bond acceptors (Lipinski definition) is 6. The molecule has 8 heteroatoms. The van der Waals surface area contributed by atoms with Crippen LogP contribution in [0.1, 0.15) is 30.9 Å². The lowest BCUT2D eigenvalue weighted by atomic mass is 9.97. The van der Waals surface area contributed by atoms with Crippen LogP contribution in [0.25, 0.3) is 16.6 Å². The predicted octanol–water partition coefficient (Wildman–Crippen LogP) is 3.90. The van der Waals surface area contributed by atoms with E-state index >= 15 is 0 Å². The molecular weight excluding hydrogens is 450 g/mol. The van der Waals surface area contributed by atoms with Crippen LogP contribution in [0.4, 0.5) is 0 Å². The number of esters is 1. The van der Waals surface area contributed by atoms with Gasteiger partial charge in [-0.05, 0) is 69.0 Å². The van der Waals surface area contributed by atoms with Crippen molar-refractivity contribution in [3.8, 4) is 5.69 Å². The number of rotatable bonds is 6. The molecule has 1 amide bonds. The maximum absolute atomic E-state index is 13.4. The second kappa shape index (κ2) is 10.4. The first-order valence-electron chi connectivity index (χ1n) is 11.6. The summed E-state index contributed by atoms with van der Waals surface area (Å²) in [5, 5.41) is 1.03. The Kier molecular flexibility index (Phi) is 7.36. The molecule has 34 heavy (non-hydrogen) atoms. The van der Waals surface area contributed by atoms with E-state index in [0.717, 1.165) is 16.8 Å². The van der Waals surface area contributed by atoms with Gasteiger partial charge in [0.05, 0.1) is 34.9 Å². The smallest absolute Gasteiger partial charge is 0.309 e. The molecule has 7 nitrogen and oxygen atoms in total. The molecule has 0 unspecified atom stereocenters. The number of fused-ring (bicyclic) bond motifs is 1. The molecule has 2 heterocycles. The molecular formula is C26H29N3O4S. The molecule has 4 rings (SSSR count). The zero-order valence-corrected chi connectivity index (χ0v) is 20.6. The van der Waals surface area contributed by atoms with Gasteiger partial charge in [-0.2, -0.15) is 0 Å². The number of hydrogen-bond donors (Lipinski definition) is 0. The van der Waals surface area contributed by atoms with E-state index in [9.17, 15) is 14.4 Å². The third-order valence-electron chi connectivity index (χ3n) is 6.29. The monoisotopic (exact) mass is 479 g/mol. The highest BCUT2D eigenvalue weighted by Gasteiger charge is 2.28. The van der Waals surface area contributed by atoms with E-state index in [0.29, 0.717) is 48.6 Å². The highest BCUT2D eigenvalue weighted by atomic mass is 32.2. The van der Waals surface area contributed by atoms with Gasteiger partial charge in [-0.3, -0.25) is 19.0 Å². The maximum Gasteiger partial charge on any atom is 0.309 e. The number of aromatic nitrogens is 2. The van der Waals surface area contributed by atoms with Crippen LogP contribution in [0.3, 0.4) is 0 Å². The molecule has 0 N–H and O–H groups in total. The number of carbonyl (C=O) groups is 2. The Morgan fingerprint density at radius 3 is 2.53 bits per heavy atom. The van der Waals surface area contributed by atoms with E-state index in [1.165, 1.54) is 11.8 Å². The van der Waals surface area contributed by atoms with Crippen molar-refractivity contribution in [2.75, 3.05) is 25.4 Å². The number of benzene rings is 2. The van der Waals surface area contributed by atoms with Crippen molar-refractivity contribution in [1.82, 2.24) is 14.5 Å². The molecule has 1 aliphatic rings. The van der Waals surface area contributed by atoms with Crippen LogP contribution in [0.5, 0.6) is 0 Å². The van der Waals surface area contributed by atoms with E-state index in [1.807, 2.05) is 50.2 Å². The van der Waals surface area contributed by atoms with Gasteiger partial charge in [-0.25, -0.2) is 4.98 Å². The molecule has 0 bridgehead atoms. The molecule has 1 aromatic heterocycles. The first kappa shape index (κ1) is 24.0. The summed E-state index contributed by atoms with van der Waals surface area (Å²) < 4.78 is 6.71. The van der Waals surface area contributed by atoms with Crippen molar-refractivity contribution in [1.29, 1.82) is 0 Å². The molecule has 3 aromatic rings. The number of para-hydroxylation sites is 1. The summed E-state index contributed by atoms with van der Waals surface area (Å²) in [6.45, 7) is 7.26. The minimum absolute atomic E-state index is 0.0265. The summed E-state index contributed by atoms with van der Waals surface area (Å²) in [6.07, 6.45) is 1.22. The third-order valence-corrected chi connectivity index (χ3v) is 7.21. The Morgan fingerprint density at radius 1 is 1.09 bits per heavy atom. The summed E-state index contributed by atoms with van der Waals surface area (Å²) in [5.41, 5.74) is 3.41. The number of aryl methyl sites for hydroxylation is 2. The summed E-state index contributed by atoms with van der Waals surface area (Å²) >= 11 is 1.27. The minimum Gasteiger partial charge on any atom is -0.466 e. The van der Waals surface area contributed by atoms with Gasteiger partial charge >= 0.3 is 5.97 Å². The van der Waals surface area contributed by atoms with Crippen LogP contribution in [-0.2, 0) is 14.3 Å². The number of likely N-dealkylation sites (tertiary alicyclic amines) is 1. The number of carbonyl (C=O) groups excluding carboxylic acids is 2. The minimum atomic E-state index is -0.179.